The maximum Gasteiger partial charge on any atom is 0.262 e. The average Bonchev–Trinajstić information content (AvgIpc) is 3.07. The zero-order valence-corrected chi connectivity index (χ0v) is 12.7. The van der Waals surface area contributed by atoms with Crippen LogP contribution in [0.4, 0.5) is 0 Å². The van der Waals surface area contributed by atoms with E-state index in [9.17, 15) is 8.42 Å². The molecule has 0 saturated carbocycles. The van der Waals surface area contributed by atoms with Gasteiger partial charge in [0.15, 0.2) is 11.3 Å². The monoisotopic (exact) mass is 316 g/mol. The first-order valence-corrected chi connectivity index (χ1v) is 8.39. The summed E-state index contributed by atoms with van der Waals surface area (Å²) >= 11 is 0. The third-order valence-electron chi connectivity index (χ3n) is 3.87. The van der Waals surface area contributed by atoms with Crippen LogP contribution in [-0.2, 0) is 26.5 Å². The van der Waals surface area contributed by atoms with E-state index in [1.165, 1.54) is 16.8 Å². The number of nitrogens with two attached hydrogens (primary N) is 1. The summed E-state index contributed by atoms with van der Waals surface area (Å²) in [5.74, 6) is -0.149. The largest absolute Gasteiger partial charge is 0.352 e. The van der Waals surface area contributed by atoms with Gasteiger partial charge < -0.3 is 19.8 Å². The maximum atomic E-state index is 12.5. The SMILES string of the molecule is Cn1cnc(S(=O)(=O)N2C[C@H](N)[C@H](C3OCCCO3)C2)c1. The van der Waals surface area contributed by atoms with Gasteiger partial charge in [0.05, 0.1) is 19.5 Å². The molecule has 0 spiro atoms. The van der Waals surface area contributed by atoms with Crippen molar-refractivity contribution in [2.75, 3.05) is 26.3 Å². The number of ether oxygens (including phenoxy) is 2. The van der Waals surface area contributed by atoms with Crippen molar-refractivity contribution in [3.05, 3.63) is 12.5 Å². The van der Waals surface area contributed by atoms with Gasteiger partial charge in [-0.2, -0.15) is 4.31 Å². The van der Waals surface area contributed by atoms with Crippen LogP contribution in [0.1, 0.15) is 6.42 Å². The summed E-state index contributed by atoms with van der Waals surface area (Å²) in [6.07, 6.45) is 3.39. The molecule has 2 saturated heterocycles. The van der Waals surface area contributed by atoms with Crippen molar-refractivity contribution in [2.45, 2.75) is 23.8 Å². The van der Waals surface area contributed by atoms with Crippen LogP contribution in [0.25, 0.3) is 0 Å². The molecule has 0 radical (unpaired) electrons. The van der Waals surface area contributed by atoms with Crippen LogP contribution in [0.15, 0.2) is 17.6 Å². The lowest BCUT2D eigenvalue weighted by molar-refractivity contribution is -0.203. The molecular weight excluding hydrogens is 296 g/mol. The van der Waals surface area contributed by atoms with Crippen LogP contribution >= 0.6 is 0 Å². The van der Waals surface area contributed by atoms with Gasteiger partial charge >= 0.3 is 0 Å². The number of sulfonamides is 1. The number of hydrogen-bond acceptors (Lipinski definition) is 6. The Morgan fingerprint density at radius 2 is 2.05 bits per heavy atom. The molecule has 2 N–H and O–H groups in total. The molecule has 2 aliphatic heterocycles. The summed E-state index contributed by atoms with van der Waals surface area (Å²) in [4.78, 5) is 3.92. The summed E-state index contributed by atoms with van der Waals surface area (Å²) in [7, 11) is -1.88. The van der Waals surface area contributed by atoms with Crippen molar-refractivity contribution < 1.29 is 17.9 Å². The van der Waals surface area contributed by atoms with Crippen molar-refractivity contribution in [1.82, 2.24) is 13.9 Å². The van der Waals surface area contributed by atoms with Gasteiger partial charge in [0.2, 0.25) is 0 Å². The van der Waals surface area contributed by atoms with Crippen LogP contribution in [-0.4, -0.2) is 60.9 Å². The molecule has 0 aliphatic carbocycles. The first-order chi connectivity index (χ1) is 9.98. The molecule has 1 aromatic heterocycles. The van der Waals surface area contributed by atoms with Crippen molar-refractivity contribution in [2.24, 2.45) is 18.7 Å². The molecule has 1 aromatic rings. The molecule has 118 valence electrons. The Balaban J connectivity index is 1.75. The van der Waals surface area contributed by atoms with Gasteiger partial charge in [0.25, 0.3) is 10.0 Å². The maximum absolute atomic E-state index is 12.5. The predicted octanol–water partition coefficient (Wildman–Crippen LogP) is -0.869. The van der Waals surface area contributed by atoms with Gasteiger partial charge in [-0.15, -0.1) is 0 Å². The minimum Gasteiger partial charge on any atom is -0.352 e. The Hall–Kier alpha value is -1.00. The Bertz CT molecular complexity index is 596. The van der Waals surface area contributed by atoms with E-state index in [1.807, 2.05) is 0 Å². The third-order valence-corrected chi connectivity index (χ3v) is 5.58. The number of rotatable bonds is 3. The van der Waals surface area contributed by atoms with E-state index >= 15 is 0 Å². The standard InChI is InChI=1S/C12H20N4O4S/c1-15-7-11(14-8-15)21(17,18)16-5-9(10(13)6-16)12-19-3-2-4-20-12/h7-10,12H,2-6,13H2,1H3/t9-,10+/m1/s1. The Kier molecular flexibility index (Phi) is 4.02. The highest BCUT2D eigenvalue weighted by Gasteiger charge is 2.43. The first kappa shape index (κ1) is 14.9. The summed E-state index contributed by atoms with van der Waals surface area (Å²) in [6, 6.07) is -0.299. The van der Waals surface area contributed by atoms with E-state index < -0.39 is 16.3 Å². The van der Waals surface area contributed by atoms with Crippen molar-refractivity contribution in [3.8, 4) is 0 Å². The van der Waals surface area contributed by atoms with E-state index in [0.717, 1.165) is 6.42 Å². The minimum absolute atomic E-state index is 0.0448. The number of hydrogen-bond donors (Lipinski definition) is 1. The second kappa shape index (κ2) is 5.65. The molecule has 9 heteroatoms. The molecule has 2 fully saturated rings. The van der Waals surface area contributed by atoms with Crippen molar-refractivity contribution in [3.63, 3.8) is 0 Å². The fraction of sp³-hybridized carbons (Fsp3) is 0.750. The highest BCUT2D eigenvalue weighted by molar-refractivity contribution is 7.89. The number of imidazole rings is 1. The summed E-state index contributed by atoms with van der Waals surface area (Å²) in [5, 5.41) is 0.0448. The minimum atomic E-state index is -3.61. The molecule has 2 aliphatic rings. The van der Waals surface area contributed by atoms with Crippen LogP contribution in [0.3, 0.4) is 0 Å². The zero-order chi connectivity index (χ0) is 15.0. The molecule has 2 atom stereocenters. The lowest BCUT2D eigenvalue weighted by Crippen LogP contribution is -2.41. The predicted molar refractivity (Wildman–Crippen MR) is 73.7 cm³/mol. The van der Waals surface area contributed by atoms with Crippen LogP contribution in [0.2, 0.25) is 0 Å². The van der Waals surface area contributed by atoms with E-state index in [4.69, 9.17) is 15.2 Å². The third kappa shape index (κ3) is 2.84. The van der Waals surface area contributed by atoms with Crippen molar-refractivity contribution in [1.29, 1.82) is 0 Å². The quantitative estimate of drug-likeness (QED) is 0.778. The highest BCUT2D eigenvalue weighted by Crippen LogP contribution is 2.28. The Labute approximate surface area is 123 Å². The molecule has 0 aromatic carbocycles. The van der Waals surface area contributed by atoms with Crippen LogP contribution in [0, 0.1) is 5.92 Å². The Morgan fingerprint density at radius 3 is 2.67 bits per heavy atom. The van der Waals surface area contributed by atoms with E-state index in [1.54, 1.807) is 11.6 Å². The molecule has 0 unspecified atom stereocenters. The van der Waals surface area contributed by atoms with Gasteiger partial charge in [0, 0.05) is 38.3 Å². The topological polar surface area (TPSA) is 99.7 Å². The molecule has 0 bridgehead atoms. The zero-order valence-electron chi connectivity index (χ0n) is 11.9. The number of nitrogens with zero attached hydrogens (tertiary/aromatic N) is 3. The van der Waals surface area contributed by atoms with Gasteiger partial charge in [-0.25, -0.2) is 13.4 Å². The highest BCUT2D eigenvalue weighted by atomic mass is 32.2. The summed E-state index contributed by atoms with van der Waals surface area (Å²) in [6.45, 7) is 1.80. The molecule has 3 heterocycles. The van der Waals surface area contributed by atoms with Crippen molar-refractivity contribution >= 4 is 10.0 Å². The lowest BCUT2D eigenvalue weighted by Gasteiger charge is -2.29. The van der Waals surface area contributed by atoms with E-state index in [0.29, 0.717) is 19.8 Å². The average molecular weight is 316 g/mol. The first-order valence-electron chi connectivity index (χ1n) is 6.95. The van der Waals surface area contributed by atoms with E-state index in [-0.39, 0.29) is 23.5 Å². The Morgan fingerprint density at radius 1 is 1.33 bits per heavy atom. The van der Waals surface area contributed by atoms with Gasteiger partial charge in [-0.05, 0) is 6.42 Å². The van der Waals surface area contributed by atoms with Crippen LogP contribution < -0.4 is 5.73 Å². The lowest BCUT2D eigenvalue weighted by atomic mass is 10.0. The number of aromatic nitrogens is 2. The van der Waals surface area contributed by atoms with E-state index in [2.05, 4.69) is 4.98 Å². The molecule has 8 nitrogen and oxygen atoms in total. The van der Waals surface area contributed by atoms with Crippen LogP contribution in [0.5, 0.6) is 0 Å². The van der Waals surface area contributed by atoms with Gasteiger partial charge in [-0.1, -0.05) is 0 Å². The second-order valence-corrected chi connectivity index (χ2v) is 7.38. The second-order valence-electron chi connectivity index (χ2n) is 5.49. The summed E-state index contributed by atoms with van der Waals surface area (Å²) < 4.78 is 39.2. The summed E-state index contributed by atoms with van der Waals surface area (Å²) in [5.41, 5.74) is 6.09. The fourth-order valence-corrected chi connectivity index (χ4v) is 4.19. The smallest absolute Gasteiger partial charge is 0.262 e. The normalized spacial score (nSPS) is 29.0. The fourth-order valence-electron chi connectivity index (χ4n) is 2.71. The van der Waals surface area contributed by atoms with Gasteiger partial charge in [-0.3, -0.25) is 0 Å². The molecular formula is C12H20N4O4S. The number of aryl methyl sites for hydroxylation is 1. The molecule has 0 amide bonds. The molecule has 21 heavy (non-hydrogen) atoms. The molecule has 3 rings (SSSR count). The van der Waals surface area contributed by atoms with Gasteiger partial charge in [0.1, 0.15) is 0 Å².